The van der Waals surface area contributed by atoms with Crippen LogP contribution in [0.1, 0.15) is 21.5 Å². The average Bonchev–Trinajstić information content (AvgIpc) is 2.74. The van der Waals surface area contributed by atoms with Gasteiger partial charge in [-0.3, -0.25) is 9.63 Å². The van der Waals surface area contributed by atoms with Gasteiger partial charge in [0.15, 0.2) is 0 Å². The van der Waals surface area contributed by atoms with Crippen molar-refractivity contribution in [1.82, 2.24) is 5.48 Å². The SMILES string of the molecule is CONC(=O)c1cc2c(c(C(F)(F)F)c1)COB2. The Kier molecular flexibility index (Phi) is 3.31. The van der Waals surface area contributed by atoms with Crippen LogP contribution in [-0.4, -0.2) is 20.5 Å². The molecule has 0 saturated carbocycles. The van der Waals surface area contributed by atoms with E-state index in [0.717, 1.165) is 6.07 Å². The van der Waals surface area contributed by atoms with E-state index < -0.39 is 17.6 Å². The fourth-order valence-electron chi connectivity index (χ4n) is 1.83. The van der Waals surface area contributed by atoms with Crippen molar-refractivity contribution in [3.63, 3.8) is 0 Å². The highest BCUT2D eigenvalue weighted by molar-refractivity contribution is 6.49. The Labute approximate surface area is 101 Å². The number of halogens is 3. The maximum absolute atomic E-state index is 12.9. The predicted molar refractivity (Wildman–Crippen MR) is 57.5 cm³/mol. The Balaban J connectivity index is 2.49. The molecular formula is C10H9BF3NO3. The lowest BCUT2D eigenvalue weighted by Gasteiger charge is -2.13. The minimum Gasteiger partial charge on any atom is -0.430 e. The molecule has 2 rings (SSSR count). The molecule has 1 aromatic rings. The first-order chi connectivity index (χ1) is 8.43. The summed E-state index contributed by atoms with van der Waals surface area (Å²) in [7, 11) is 1.28. The van der Waals surface area contributed by atoms with Crippen molar-refractivity contribution in [3.05, 3.63) is 28.8 Å². The van der Waals surface area contributed by atoms with Crippen molar-refractivity contribution in [2.45, 2.75) is 12.8 Å². The third-order valence-corrected chi connectivity index (χ3v) is 2.61. The van der Waals surface area contributed by atoms with Crippen molar-refractivity contribution in [1.29, 1.82) is 0 Å². The van der Waals surface area contributed by atoms with Gasteiger partial charge >= 0.3 is 13.7 Å². The van der Waals surface area contributed by atoms with Crippen LogP contribution in [-0.2, 0) is 22.3 Å². The number of hydrogen-bond donors (Lipinski definition) is 1. The van der Waals surface area contributed by atoms with Crippen molar-refractivity contribution >= 4 is 18.9 Å². The highest BCUT2D eigenvalue weighted by Gasteiger charge is 2.36. The van der Waals surface area contributed by atoms with Gasteiger partial charge in [0.05, 0.1) is 19.3 Å². The molecule has 0 aliphatic carbocycles. The Bertz CT molecular complexity index is 490. The van der Waals surface area contributed by atoms with Gasteiger partial charge in [-0.2, -0.15) is 13.2 Å². The molecule has 0 bridgehead atoms. The molecule has 1 aromatic carbocycles. The van der Waals surface area contributed by atoms with E-state index in [0.29, 0.717) is 5.46 Å². The second-order valence-corrected chi connectivity index (χ2v) is 3.79. The van der Waals surface area contributed by atoms with E-state index in [-0.39, 0.29) is 25.2 Å². The number of carbonyl (C=O) groups excluding carboxylic acids is 1. The minimum atomic E-state index is -4.51. The van der Waals surface area contributed by atoms with Crippen molar-refractivity contribution in [3.8, 4) is 0 Å². The normalized spacial score (nSPS) is 14.0. The monoisotopic (exact) mass is 259 g/mol. The summed E-state index contributed by atoms with van der Waals surface area (Å²) in [4.78, 5) is 15.9. The topological polar surface area (TPSA) is 47.6 Å². The highest BCUT2D eigenvalue weighted by Crippen LogP contribution is 2.33. The lowest BCUT2D eigenvalue weighted by molar-refractivity contribution is -0.138. The third kappa shape index (κ3) is 2.34. The highest BCUT2D eigenvalue weighted by atomic mass is 19.4. The average molecular weight is 259 g/mol. The largest absolute Gasteiger partial charge is 0.430 e. The van der Waals surface area contributed by atoms with Crippen LogP contribution in [0.5, 0.6) is 0 Å². The molecular weight excluding hydrogens is 250 g/mol. The van der Waals surface area contributed by atoms with E-state index in [9.17, 15) is 18.0 Å². The molecule has 0 radical (unpaired) electrons. The fraction of sp³-hybridized carbons (Fsp3) is 0.300. The van der Waals surface area contributed by atoms with Crippen LogP contribution in [0, 0.1) is 0 Å². The van der Waals surface area contributed by atoms with E-state index in [1.165, 1.54) is 13.2 Å². The van der Waals surface area contributed by atoms with E-state index in [1.807, 2.05) is 5.48 Å². The van der Waals surface area contributed by atoms with Crippen molar-refractivity contribution in [2.75, 3.05) is 7.11 Å². The maximum Gasteiger partial charge on any atom is 0.416 e. The van der Waals surface area contributed by atoms with Gasteiger partial charge in [-0.15, -0.1) is 0 Å². The standard InChI is InChI=1S/C10H9BF3NO3/c1-17-15-9(16)5-2-7(10(12,13)14)6-4-18-11-8(6)3-5/h2-3,11H,4H2,1H3,(H,15,16). The van der Waals surface area contributed by atoms with Crippen LogP contribution in [0.3, 0.4) is 0 Å². The molecule has 1 amide bonds. The van der Waals surface area contributed by atoms with Gasteiger partial charge in [-0.1, -0.05) is 6.07 Å². The maximum atomic E-state index is 12.9. The number of hydroxylamine groups is 1. The summed E-state index contributed by atoms with van der Waals surface area (Å²) < 4.78 is 43.5. The number of rotatable bonds is 2. The summed E-state index contributed by atoms with van der Waals surface area (Å²) in [6.07, 6.45) is -4.51. The zero-order valence-electron chi connectivity index (χ0n) is 9.43. The number of benzene rings is 1. The minimum absolute atomic E-state index is 0.0759. The van der Waals surface area contributed by atoms with Crippen LogP contribution in [0.25, 0.3) is 0 Å². The molecule has 1 heterocycles. The number of amides is 1. The van der Waals surface area contributed by atoms with Crippen molar-refractivity contribution < 1.29 is 27.5 Å². The molecule has 1 aliphatic rings. The van der Waals surface area contributed by atoms with Gasteiger partial charge in [-0.25, -0.2) is 5.48 Å². The number of carbonyl (C=O) groups is 1. The summed E-state index contributed by atoms with van der Waals surface area (Å²) in [6, 6.07) is 2.19. The van der Waals surface area contributed by atoms with Gasteiger partial charge in [0.25, 0.3) is 5.91 Å². The second kappa shape index (κ2) is 4.62. The van der Waals surface area contributed by atoms with Crippen LogP contribution >= 0.6 is 0 Å². The van der Waals surface area contributed by atoms with Crippen molar-refractivity contribution in [2.24, 2.45) is 0 Å². The lowest BCUT2D eigenvalue weighted by Crippen LogP contribution is -2.26. The van der Waals surface area contributed by atoms with Gasteiger partial charge in [0.2, 0.25) is 0 Å². The first-order valence-electron chi connectivity index (χ1n) is 5.07. The molecule has 4 nitrogen and oxygen atoms in total. The van der Waals surface area contributed by atoms with Crippen LogP contribution in [0.4, 0.5) is 13.2 Å². The second-order valence-electron chi connectivity index (χ2n) is 3.79. The van der Waals surface area contributed by atoms with E-state index in [4.69, 9.17) is 4.65 Å². The molecule has 0 atom stereocenters. The first-order valence-corrected chi connectivity index (χ1v) is 5.07. The Morgan fingerprint density at radius 2 is 2.22 bits per heavy atom. The van der Waals surface area contributed by atoms with Gasteiger partial charge in [0, 0.05) is 5.56 Å². The summed E-state index contributed by atoms with van der Waals surface area (Å²) >= 11 is 0. The van der Waals surface area contributed by atoms with Crippen LogP contribution < -0.4 is 10.9 Å². The first kappa shape index (κ1) is 12.9. The summed E-state index contributed by atoms with van der Waals surface area (Å²) in [5, 5.41) is 0. The quantitative estimate of drug-likeness (QED) is 0.621. The molecule has 18 heavy (non-hydrogen) atoms. The number of fused-ring (bicyclic) bond motifs is 1. The number of alkyl halides is 3. The predicted octanol–water partition coefficient (Wildman–Crippen LogP) is 0.504. The van der Waals surface area contributed by atoms with Crippen LogP contribution in [0.15, 0.2) is 12.1 Å². The smallest absolute Gasteiger partial charge is 0.416 e. The van der Waals surface area contributed by atoms with E-state index >= 15 is 0 Å². The van der Waals surface area contributed by atoms with Gasteiger partial charge in [0.1, 0.15) is 0 Å². The molecule has 0 aromatic heterocycles. The third-order valence-electron chi connectivity index (χ3n) is 2.61. The van der Waals surface area contributed by atoms with Crippen LogP contribution in [0.2, 0.25) is 0 Å². The molecule has 96 valence electrons. The summed E-state index contributed by atoms with van der Waals surface area (Å²) in [6.45, 7) is -0.0870. The molecule has 0 unspecified atom stereocenters. The lowest BCUT2D eigenvalue weighted by atomic mass is 9.83. The zero-order valence-corrected chi connectivity index (χ0v) is 9.43. The summed E-state index contributed by atoms with van der Waals surface area (Å²) in [5.74, 6) is -0.724. The number of nitrogens with one attached hydrogen (secondary N) is 1. The van der Waals surface area contributed by atoms with Gasteiger partial charge in [-0.05, 0) is 17.1 Å². The Hall–Kier alpha value is -1.54. The molecule has 0 saturated heterocycles. The molecule has 8 heteroatoms. The molecule has 0 spiro atoms. The molecule has 1 N–H and O–H groups in total. The molecule has 0 fully saturated rings. The Morgan fingerprint density at radius 3 is 2.83 bits per heavy atom. The Morgan fingerprint density at radius 1 is 1.50 bits per heavy atom. The summed E-state index contributed by atoms with van der Waals surface area (Å²) in [5.41, 5.74) is 1.52. The zero-order chi connectivity index (χ0) is 13.3. The fourth-order valence-corrected chi connectivity index (χ4v) is 1.83. The van der Waals surface area contributed by atoms with E-state index in [2.05, 4.69) is 4.84 Å². The molecule has 1 aliphatic heterocycles. The van der Waals surface area contributed by atoms with E-state index in [1.54, 1.807) is 0 Å². The van der Waals surface area contributed by atoms with Gasteiger partial charge < -0.3 is 4.65 Å². The number of hydrogen-bond acceptors (Lipinski definition) is 3.